The van der Waals surface area contributed by atoms with Crippen molar-refractivity contribution >= 4 is 11.9 Å². The number of hydrogen-bond donors (Lipinski definition) is 1. The van der Waals surface area contributed by atoms with Gasteiger partial charge < -0.3 is 14.8 Å². The fourth-order valence-electron chi connectivity index (χ4n) is 3.42. The lowest BCUT2D eigenvalue weighted by atomic mass is 9.92. The molecular formula is C22H27N3O4. The van der Waals surface area contributed by atoms with E-state index >= 15 is 0 Å². The summed E-state index contributed by atoms with van der Waals surface area (Å²) in [5.74, 6) is 1.17. The maximum absolute atomic E-state index is 13.1. The maximum atomic E-state index is 13.1. The largest absolute Gasteiger partial charge is 0.497 e. The van der Waals surface area contributed by atoms with Crippen molar-refractivity contribution in [3.8, 4) is 11.5 Å². The second-order valence-corrected chi connectivity index (χ2v) is 7.25. The highest BCUT2D eigenvalue weighted by Crippen LogP contribution is 2.31. The molecular weight excluding hydrogens is 370 g/mol. The number of amides is 3. The van der Waals surface area contributed by atoms with E-state index in [9.17, 15) is 9.59 Å². The number of ether oxygens (including phenoxy) is 2. The molecule has 1 saturated heterocycles. The lowest BCUT2D eigenvalue weighted by Gasteiger charge is -2.25. The van der Waals surface area contributed by atoms with Crippen LogP contribution in [0.3, 0.4) is 0 Å². The van der Waals surface area contributed by atoms with Gasteiger partial charge in [-0.05, 0) is 56.3 Å². The number of hydrogen-bond acceptors (Lipinski definition) is 5. The summed E-state index contributed by atoms with van der Waals surface area (Å²) in [6.45, 7) is 5.07. The van der Waals surface area contributed by atoms with Gasteiger partial charge in [-0.15, -0.1) is 0 Å². The maximum Gasteiger partial charge on any atom is 0.326 e. The van der Waals surface area contributed by atoms with Crippen LogP contribution in [0.5, 0.6) is 11.5 Å². The Kier molecular flexibility index (Phi) is 6.08. The number of urea groups is 1. The summed E-state index contributed by atoms with van der Waals surface area (Å²) in [5.41, 5.74) is 0.636. The summed E-state index contributed by atoms with van der Waals surface area (Å²) in [6, 6.07) is 14.6. The van der Waals surface area contributed by atoms with E-state index in [1.165, 1.54) is 4.90 Å². The Balaban J connectivity index is 1.69. The van der Waals surface area contributed by atoms with E-state index in [-0.39, 0.29) is 12.6 Å². The first-order chi connectivity index (χ1) is 13.9. The normalized spacial score (nSPS) is 18.9. The van der Waals surface area contributed by atoms with E-state index in [4.69, 9.17) is 9.47 Å². The van der Waals surface area contributed by atoms with Crippen molar-refractivity contribution in [1.29, 1.82) is 0 Å². The monoisotopic (exact) mass is 397 g/mol. The molecule has 7 nitrogen and oxygen atoms in total. The number of carbonyl (C=O) groups excluding carboxylic acids is 2. The zero-order valence-corrected chi connectivity index (χ0v) is 17.3. The van der Waals surface area contributed by atoms with Crippen LogP contribution < -0.4 is 14.8 Å². The third-order valence-electron chi connectivity index (χ3n) is 4.99. The fraction of sp³-hybridized carbons (Fsp3) is 0.364. The third kappa shape index (κ3) is 4.35. The average molecular weight is 397 g/mol. The highest BCUT2D eigenvalue weighted by atomic mass is 16.5. The van der Waals surface area contributed by atoms with Gasteiger partial charge in [-0.25, -0.2) is 9.69 Å². The zero-order chi connectivity index (χ0) is 21.0. The minimum Gasteiger partial charge on any atom is -0.497 e. The number of imide groups is 1. The molecule has 154 valence electrons. The number of nitrogens with zero attached hydrogens (tertiary/aromatic N) is 2. The summed E-state index contributed by atoms with van der Waals surface area (Å²) < 4.78 is 10.7. The molecule has 0 saturated carbocycles. The smallest absolute Gasteiger partial charge is 0.326 e. The molecule has 0 radical (unpaired) electrons. The van der Waals surface area contributed by atoms with Crippen molar-refractivity contribution in [1.82, 2.24) is 15.1 Å². The minimum absolute atomic E-state index is 0.192. The fourth-order valence-corrected chi connectivity index (χ4v) is 3.42. The van der Waals surface area contributed by atoms with Gasteiger partial charge in [0.1, 0.15) is 17.0 Å². The molecule has 1 heterocycles. The van der Waals surface area contributed by atoms with Gasteiger partial charge in [0.2, 0.25) is 0 Å². The van der Waals surface area contributed by atoms with Gasteiger partial charge in [-0.3, -0.25) is 9.69 Å². The van der Waals surface area contributed by atoms with Gasteiger partial charge >= 0.3 is 6.03 Å². The third-order valence-corrected chi connectivity index (χ3v) is 4.99. The lowest BCUT2D eigenvalue weighted by Crippen LogP contribution is -2.42. The summed E-state index contributed by atoms with van der Waals surface area (Å²) in [4.78, 5) is 28.8. The molecule has 0 spiro atoms. The van der Waals surface area contributed by atoms with Crippen molar-refractivity contribution in [2.45, 2.75) is 25.9 Å². The lowest BCUT2D eigenvalue weighted by molar-refractivity contribution is -0.132. The molecule has 0 bridgehead atoms. The Labute approximate surface area is 171 Å². The molecule has 0 aromatic heterocycles. The molecule has 29 heavy (non-hydrogen) atoms. The summed E-state index contributed by atoms with van der Waals surface area (Å²) >= 11 is 0. The number of methoxy groups -OCH3 is 1. The Morgan fingerprint density at radius 3 is 2.48 bits per heavy atom. The van der Waals surface area contributed by atoms with Gasteiger partial charge in [-0.1, -0.05) is 24.3 Å². The van der Waals surface area contributed by atoms with Crippen molar-refractivity contribution < 1.29 is 19.1 Å². The minimum atomic E-state index is -1.12. The highest BCUT2D eigenvalue weighted by molar-refractivity contribution is 6.07. The van der Waals surface area contributed by atoms with Crippen LogP contribution in [0, 0.1) is 0 Å². The van der Waals surface area contributed by atoms with E-state index in [0.29, 0.717) is 24.5 Å². The van der Waals surface area contributed by atoms with Crippen LogP contribution in [0.2, 0.25) is 0 Å². The Morgan fingerprint density at radius 1 is 1.10 bits per heavy atom. The van der Waals surface area contributed by atoms with Crippen molar-refractivity contribution in [2.24, 2.45) is 0 Å². The topological polar surface area (TPSA) is 71.1 Å². The van der Waals surface area contributed by atoms with Gasteiger partial charge in [0.15, 0.2) is 0 Å². The van der Waals surface area contributed by atoms with E-state index < -0.39 is 11.6 Å². The molecule has 1 atom stereocenters. The second-order valence-electron chi connectivity index (χ2n) is 7.25. The summed E-state index contributed by atoms with van der Waals surface area (Å²) in [6.07, 6.45) is 0. The van der Waals surface area contributed by atoms with Crippen molar-refractivity contribution in [3.63, 3.8) is 0 Å². The number of benzene rings is 2. The van der Waals surface area contributed by atoms with Crippen LogP contribution in [0.15, 0.2) is 48.5 Å². The first-order valence-corrected chi connectivity index (χ1v) is 9.56. The molecule has 1 aliphatic heterocycles. The highest BCUT2D eigenvalue weighted by Gasteiger charge is 2.49. The molecule has 3 amide bonds. The van der Waals surface area contributed by atoms with Crippen molar-refractivity contribution in [2.75, 3.05) is 27.4 Å². The molecule has 3 rings (SSSR count). The quantitative estimate of drug-likeness (QED) is 0.694. The Morgan fingerprint density at radius 2 is 1.83 bits per heavy atom. The molecule has 0 aliphatic carbocycles. The first-order valence-electron chi connectivity index (χ1n) is 9.56. The first kappa shape index (κ1) is 20.7. The van der Waals surface area contributed by atoms with Crippen LogP contribution in [0.25, 0.3) is 0 Å². The second kappa shape index (κ2) is 8.53. The Bertz CT molecular complexity index is 884. The molecule has 1 aliphatic rings. The zero-order valence-electron chi connectivity index (χ0n) is 17.3. The average Bonchev–Trinajstić information content (AvgIpc) is 2.94. The van der Waals surface area contributed by atoms with Crippen LogP contribution in [0.1, 0.15) is 25.0 Å². The van der Waals surface area contributed by atoms with E-state index in [1.807, 2.05) is 49.2 Å². The van der Waals surface area contributed by atoms with Crippen LogP contribution in [-0.2, 0) is 16.9 Å². The van der Waals surface area contributed by atoms with Gasteiger partial charge in [0.25, 0.3) is 5.91 Å². The molecule has 1 fully saturated rings. The number of nitrogens with one attached hydrogen (secondary N) is 1. The van der Waals surface area contributed by atoms with Gasteiger partial charge in [0, 0.05) is 6.54 Å². The Hall–Kier alpha value is -3.06. The van der Waals surface area contributed by atoms with Crippen LogP contribution in [-0.4, -0.2) is 49.2 Å². The van der Waals surface area contributed by atoms with Crippen LogP contribution >= 0.6 is 0 Å². The molecule has 2 aromatic carbocycles. The molecule has 7 heteroatoms. The van der Waals surface area contributed by atoms with Gasteiger partial charge in [-0.2, -0.15) is 0 Å². The van der Waals surface area contributed by atoms with Crippen LogP contribution in [0.4, 0.5) is 4.79 Å². The molecule has 2 aromatic rings. The SMILES string of the molecule is CCOc1ccc(CN(C)CN2C(=O)N[C@@](C)(c3cccc(OC)c3)C2=O)cc1. The van der Waals surface area contributed by atoms with Gasteiger partial charge in [0.05, 0.1) is 20.4 Å². The summed E-state index contributed by atoms with van der Waals surface area (Å²) in [5, 5.41) is 2.83. The number of carbonyl (C=O) groups is 2. The molecule has 0 unspecified atom stereocenters. The van der Waals surface area contributed by atoms with E-state index in [1.54, 1.807) is 32.2 Å². The predicted octanol–water partition coefficient (Wildman–Crippen LogP) is 2.95. The van der Waals surface area contributed by atoms with Crippen molar-refractivity contribution in [3.05, 3.63) is 59.7 Å². The standard InChI is InChI=1S/C22H27N3O4/c1-5-29-18-11-9-16(10-12-18)14-24(3)15-25-20(26)22(2,23-21(25)27)17-7-6-8-19(13-17)28-4/h6-13H,5,14-15H2,1-4H3,(H,23,27)/t22-/m0/s1. The van der Waals surface area contributed by atoms with E-state index in [2.05, 4.69) is 5.32 Å². The summed E-state index contributed by atoms with van der Waals surface area (Å²) in [7, 11) is 3.44. The van der Waals surface area contributed by atoms with E-state index in [0.717, 1.165) is 11.3 Å². The number of rotatable bonds is 8. The molecule has 1 N–H and O–H groups in total. The predicted molar refractivity (Wildman–Crippen MR) is 110 cm³/mol.